The number of nitrogens with zero attached hydrogens (tertiary/aromatic N) is 1. The summed E-state index contributed by atoms with van der Waals surface area (Å²) in [6, 6.07) is 4.10. The van der Waals surface area contributed by atoms with E-state index in [1.54, 1.807) is 11.0 Å². The van der Waals surface area contributed by atoms with E-state index in [2.05, 4.69) is 5.32 Å². The molecule has 2 amide bonds. The van der Waals surface area contributed by atoms with E-state index in [0.29, 0.717) is 25.1 Å². The van der Waals surface area contributed by atoms with Gasteiger partial charge in [-0.1, -0.05) is 13.0 Å². The van der Waals surface area contributed by atoms with E-state index in [-0.39, 0.29) is 18.0 Å². The second kappa shape index (κ2) is 7.85. The molecule has 1 aromatic rings. The number of amides is 2. The highest BCUT2D eigenvalue weighted by Crippen LogP contribution is 2.17. The zero-order chi connectivity index (χ0) is 18.6. The molecule has 0 spiro atoms. The van der Waals surface area contributed by atoms with E-state index in [1.165, 1.54) is 12.1 Å². The molecule has 1 heterocycles. The molecule has 1 N–H and O–H groups in total. The van der Waals surface area contributed by atoms with E-state index in [9.17, 15) is 14.0 Å². The molecule has 0 radical (unpaired) electrons. The third-order valence-corrected chi connectivity index (χ3v) is 4.11. The van der Waals surface area contributed by atoms with Crippen molar-refractivity contribution in [1.82, 2.24) is 10.2 Å². The van der Waals surface area contributed by atoms with Crippen LogP contribution in [0.4, 0.5) is 9.18 Å². The maximum atomic E-state index is 13.5. The van der Waals surface area contributed by atoms with Gasteiger partial charge in [0.2, 0.25) is 0 Å². The van der Waals surface area contributed by atoms with Crippen LogP contribution in [0.15, 0.2) is 18.2 Å². The first-order valence-corrected chi connectivity index (χ1v) is 8.77. The maximum Gasteiger partial charge on any atom is 0.410 e. The van der Waals surface area contributed by atoms with Crippen molar-refractivity contribution in [3.8, 4) is 0 Å². The largest absolute Gasteiger partial charge is 0.444 e. The molecule has 5 nitrogen and oxygen atoms in total. The lowest BCUT2D eigenvalue weighted by Gasteiger charge is -2.34. The first-order valence-electron chi connectivity index (χ1n) is 8.77. The molecular formula is C19H27FN2O3. The summed E-state index contributed by atoms with van der Waals surface area (Å²) in [7, 11) is 0. The highest BCUT2D eigenvalue weighted by molar-refractivity contribution is 5.96. The van der Waals surface area contributed by atoms with Gasteiger partial charge in [-0.25, -0.2) is 9.18 Å². The van der Waals surface area contributed by atoms with Crippen LogP contribution in [0.2, 0.25) is 0 Å². The van der Waals surface area contributed by atoms with Crippen molar-refractivity contribution in [3.05, 3.63) is 35.1 Å². The third-order valence-electron chi connectivity index (χ3n) is 4.11. The van der Waals surface area contributed by atoms with Gasteiger partial charge in [-0.15, -0.1) is 0 Å². The van der Waals surface area contributed by atoms with E-state index >= 15 is 0 Å². The summed E-state index contributed by atoms with van der Waals surface area (Å²) in [4.78, 5) is 26.4. The molecule has 1 aliphatic rings. The van der Waals surface area contributed by atoms with Crippen LogP contribution in [0, 0.1) is 5.82 Å². The molecule has 0 saturated carbocycles. The number of aryl methyl sites for hydroxylation is 1. The second-order valence-electron chi connectivity index (χ2n) is 7.39. The first-order chi connectivity index (χ1) is 11.7. The molecule has 2 rings (SSSR count). The average Bonchev–Trinajstić information content (AvgIpc) is 2.53. The number of rotatable bonds is 3. The van der Waals surface area contributed by atoms with Gasteiger partial charge >= 0.3 is 6.09 Å². The van der Waals surface area contributed by atoms with Crippen molar-refractivity contribution in [2.24, 2.45) is 0 Å². The van der Waals surface area contributed by atoms with Crippen molar-refractivity contribution < 1.29 is 18.7 Å². The Morgan fingerprint density at radius 2 is 2.08 bits per heavy atom. The number of ether oxygens (including phenoxy) is 1. The fourth-order valence-corrected chi connectivity index (χ4v) is 2.92. The van der Waals surface area contributed by atoms with Crippen molar-refractivity contribution in [2.75, 3.05) is 13.1 Å². The summed E-state index contributed by atoms with van der Waals surface area (Å²) in [5.41, 5.74) is 0.612. The van der Waals surface area contributed by atoms with Crippen LogP contribution in [0.25, 0.3) is 0 Å². The number of carbonyl (C=O) groups excluding carboxylic acids is 2. The van der Waals surface area contributed by atoms with Gasteiger partial charge in [-0.2, -0.15) is 0 Å². The fourth-order valence-electron chi connectivity index (χ4n) is 2.92. The summed E-state index contributed by atoms with van der Waals surface area (Å²) >= 11 is 0. The van der Waals surface area contributed by atoms with Gasteiger partial charge in [0.1, 0.15) is 11.4 Å². The first kappa shape index (κ1) is 19.2. The molecule has 1 fully saturated rings. The smallest absolute Gasteiger partial charge is 0.410 e. The van der Waals surface area contributed by atoms with Crippen LogP contribution >= 0.6 is 0 Å². The van der Waals surface area contributed by atoms with Gasteiger partial charge in [-0.3, -0.25) is 4.79 Å². The lowest BCUT2D eigenvalue weighted by Crippen LogP contribution is -2.50. The van der Waals surface area contributed by atoms with Crippen molar-refractivity contribution in [1.29, 1.82) is 0 Å². The summed E-state index contributed by atoms with van der Waals surface area (Å²) in [6.45, 7) is 8.41. The van der Waals surface area contributed by atoms with Gasteiger partial charge in [0, 0.05) is 24.7 Å². The zero-order valence-corrected chi connectivity index (χ0v) is 15.4. The SMILES string of the molecule is CCc1ccc(F)cc1C(=O)NC1CCCN(C(=O)OC(C)(C)C)C1. The van der Waals surface area contributed by atoms with Crippen LogP contribution in [0.3, 0.4) is 0 Å². The van der Waals surface area contributed by atoms with Crippen molar-refractivity contribution in [2.45, 2.75) is 58.6 Å². The number of piperidine rings is 1. The van der Waals surface area contributed by atoms with Crippen molar-refractivity contribution >= 4 is 12.0 Å². The molecular weight excluding hydrogens is 323 g/mol. The Morgan fingerprint density at radius 3 is 2.72 bits per heavy atom. The molecule has 1 unspecified atom stereocenters. The molecule has 6 heteroatoms. The van der Waals surface area contributed by atoms with Crippen LogP contribution in [0.5, 0.6) is 0 Å². The Morgan fingerprint density at radius 1 is 1.36 bits per heavy atom. The van der Waals surface area contributed by atoms with Gasteiger partial charge in [0.05, 0.1) is 0 Å². The number of halogens is 1. The predicted molar refractivity (Wildman–Crippen MR) is 94.1 cm³/mol. The lowest BCUT2D eigenvalue weighted by molar-refractivity contribution is 0.0185. The average molecular weight is 350 g/mol. The topological polar surface area (TPSA) is 58.6 Å². The Balaban J connectivity index is 2.02. The third kappa shape index (κ3) is 5.44. The number of benzene rings is 1. The summed E-state index contributed by atoms with van der Waals surface area (Å²) in [5, 5.41) is 2.93. The summed E-state index contributed by atoms with van der Waals surface area (Å²) in [5.74, 6) is -0.728. The lowest BCUT2D eigenvalue weighted by atomic mass is 10.0. The molecule has 25 heavy (non-hydrogen) atoms. The molecule has 138 valence electrons. The molecule has 1 aliphatic heterocycles. The highest BCUT2D eigenvalue weighted by atomic mass is 19.1. The molecule has 0 bridgehead atoms. The Bertz CT molecular complexity index is 640. The monoisotopic (exact) mass is 350 g/mol. The van der Waals surface area contributed by atoms with Crippen molar-refractivity contribution in [3.63, 3.8) is 0 Å². The van der Waals surface area contributed by atoms with Gasteiger partial charge in [0.15, 0.2) is 0 Å². The van der Waals surface area contributed by atoms with E-state index in [1.807, 2.05) is 27.7 Å². The van der Waals surface area contributed by atoms with Gasteiger partial charge in [-0.05, 0) is 57.7 Å². The Hall–Kier alpha value is -2.11. The van der Waals surface area contributed by atoms with Crippen LogP contribution < -0.4 is 5.32 Å². The number of nitrogens with one attached hydrogen (secondary N) is 1. The quantitative estimate of drug-likeness (QED) is 0.907. The zero-order valence-electron chi connectivity index (χ0n) is 15.4. The maximum absolute atomic E-state index is 13.5. The standard InChI is InChI=1S/C19H27FN2O3/c1-5-13-8-9-14(20)11-16(13)17(23)21-15-7-6-10-22(12-15)18(24)25-19(2,3)4/h8-9,11,15H,5-7,10,12H2,1-4H3,(H,21,23). The molecule has 1 atom stereocenters. The van der Waals surface area contributed by atoms with Crippen LogP contribution in [-0.2, 0) is 11.2 Å². The van der Waals surface area contributed by atoms with Gasteiger partial charge < -0.3 is 15.0 Å². The second-order valence-corrected chi connectivity index (χ2v) is 7.39. The summed E-state index contributed by atoms with van der Waals surface area (Å²) in [6.07, 6.45) is 1.85. The minimum Gasteiger partial charge on any atom is -0.444 e. The minimum atomic E-state index is -0.551. The molecule has 0 aromatic heterocycles. The Labute approximate surface area is 148 Å². The van der Waals surface area contributed by atoms with Crippen LogP contribution in [-0.4, -0.2) is 41.6 Å². The van der Waals surface area contributed by atoms with E-state index in [0.717, 1.165) is 18.4 Å². The number of likely N-dealkylation sites (tertiary alicyclic amines) is 1. The van der Waals surface area contributed by atoms with E-state index in [4.69, 9.17) is 4.74 Å². The number of hydrogen-bond acceptors (Lipinski definition) is 3. The highest BCUT2D eigenvalue weighted by Gasteiger charge is 2.28. The normalized spacial score (nSPS) is 18.0. The van der Waals surface area contributed by atoms with Crippen LogP contribution in [0.1, 0.15) is 56.5 Å². The summed E-state index contributed by atoms with van der Waals surface area (Å²) < 4.78 is 18.9. The molecule has 1 aromatic carbocycles. The fraction of sp³-hybridized carbons (Fsp3) is 0.579. The minimum absolute atomic E-state index is 0.165. The number of hydrogen-bond donors (Lipinski definition) is 1. The molecule has 0 aliphatic carbocycles. The number of carbonyl (C=O) groups is 2. The molecule has 1 saturated heterocycles. The Kier molecular flexibility index (Phi) is 6.03. The predicted octanol–water partition coefficient (Wildman–Crippen LogP) is 3.52. The van der Waals surface area contributed by atoms with E-state index < -0.39 is 11.4 Å². The van der Waals surface area contributed by atoms with Gasteiger partial charge in [0.25, 0.3) is 5.91 Å².